The summed E-state index contributed by atoms with van der Waals surface area (Å²) in [5.41, 5.74) is -2.44. The summed E-state index contributed by atoms with van der Waals surface area (Å²) < 4.78 is 39.1. The topological polar surface area (TPSA) is 52.9 Å². The first-order chi connectivity index (χ1) is 10.6. The number of nitrogens with zero attached hydrogens (tertiary/aromatic N) is 2. The number of amides is 1. The Morgan fingerprint density at radius 3 is 2.74 bits per heavy atom. The highest BCUT2D eigenvalue weighted by atomic mass is 35.5. The molecule has 0 aromatic heterocycles. The fourth-order valence-electron chi connectivity index (χ4n) is 2.13. The Balaban J connectivity index is 2.01. The average molecular weight is 367 g/mol. The van der Waals surface area contributed by atoms with Gasteiger partial charge < -0.3 is 5.11 Å². The number of hydrazone groups is 1. The summed E-state index contributed by atoms with van der Waals surface area (Å²) in [4.78, 5) is 12.0. The second kappa shape index (κ2) is 6.70. The molecule has 23 heavy (non-hydrogen) atoms. The third-order valence-corrected chi connectivity index (χ3v) is 4.59. The van der Waals surface area contributed by atoms with Crippen LogP contribution in [0.25, 0.3) is 0 Å². The van der Waals surface area contributed by atoms with Crippen molar-refractivity contribution in [1.82, 2.24) is 5.01 Å². The molecule has 4 nitrogen and oxygen atoms in total. The number of aliphatic hydroxyl groups is 1. The van der Waals surface area contributed by atoms with Gasteiger partial charge in [0.1, 0.15) is 0 Å². The number of rotatable bonds is 4. The maximum Gasteiger partial charge on any atom is 0.438 e. The predicted octanol–water partition coefficient (Wildman–Crippen LogP) is 3.43. The number of halogens is 4. The highest BCUT2D eigenvalue weighted by molar-refractivity contribution is 7.99. The van der Waals surface area contributed by atoms with Gasteiger partial charge in [0.15, 0.2) is 0 Å². The molecular weight excluding hydrogens is 353 g/mol. The summed E-state index contributed by atoms with van der Waals surface area (Å²) in [6, 6.07) is 6.99. The van der Waals surface area contributed by atoms with Crippen LogP contribution in [0.2, 0.25) is 5.02 Å². The lowest BCUT2D eigenvalue weighted by Crippen LogP contribution is -2.57. The molecule has 1 aliphatic heterocycles. The van der Waals surface area contributed by atoms with Gasteiger partial charge in [0.25, 0.3) is 11.6 Å². The summed E-state index contributed by atoms with van der Waals surface area (Å²) in [5.74, 6) is -0.786. The van der Waals surface area contributed by atoms with Gasteiger partial charge in [-0.05, 0) is 18.6 Å². The van der Waals surface area contributed by atoms with E-state index in [1.165, 1.54) is 6.92 Å². The van der Waals surface area contributed by atoms with Gasteiger partial charge in [-0.1, -0.05) is 29.8 Å². The maximum absolute atomic E-state index is 13.0. The molecule has 1 aromatic carbocycles. The van der Waals surface area contributed by atoms with Crippen molar-refractivity contribution in [3.05, 3.63) is 34.9 Å². The Bertz CT molecular complexity index is 639. The number of benzene rings is 1. The van der Waals surface area contributed by atoms with E-state index in [2.05, 4.69) is 5.10 Å². The van der Waals surface area contributed by atoms with Gasteiger partial charge >= 0.3 is 6.18 Å². The van der Waals surface area contributed by atoms with Crippen LogP contribution in [0.4, 0.5) is 13.2 Å². The quantitative estimate of drug-likeness (QED) is 0.888. The molecule has 1 N–H and O–H groups in total. The van der Waals surface area contributed by atoms with E-state index in [-0.39, 0.29) is 16.5 Å². The van der Waals surface area contributed by atoms with E-state index in [1.54, 1.807) is 24.3 Å². The molecule has 0 spiro atoms. The van der Waals surface area contributed by atoms with E-state index in [1.807, 2.05) is 0 Å². The van der Waals surface area contributed by atoms with Crippen LogP contribution in [0, 0.1) is 0 Å². The number of carbonyl (C=O) groups excluding carboxylic acids is 1. The summed E-state index contributed by atoms with van der Waals surface area (Å²) in [6.07, 6.45) is -5.71. The third-order valence-electron chi connectivity index (χ3n) is 3.25. The smallest absolute Gasteiger partial charge is 0.362 e. The minimum Gasteiger partial charge on any atom is -0.362 e. The normalized spacial score (nSPS) is 21.5. The van der Waals surface area contributed by atoms with Crippen LogP contribution in [0.5, 0.6) is 0 Å². The van der Waals surface area contributed by atoms with Gasteiger partial charge in [-0.3, -0.25) is 4.79 Å². The van der Waals surface area contributed by atoms with Crippen LogP contribution in [0.1, 0.15) is 18.9 Å². The van der Waals surface area contributed by atoms with E-state index < -0.39 is 24.2 Å². The van der Waals surface area contributed by atoms with Crippen LogP contribution >= 0.6 is 23.4 Å². The standard InChI is InChI=1S/C14H14ClF3N2O2S/c1-9-6-13(22,14(16,17)18)20(19-9)12(21)8-23-7-10-4-2-3-5-11(10)15/h2-5,22H,6-8H2,1H3. The first-order valence-electron chi connectivity index (χ1n) is 6.62. The van der Waals surface area contributed by atoms with Gasteiger partial charge in [0.2, 0.25) is 0 Å². The van der Waals surface area contributed by atoms with Crippen molar-refractivity contribution in [3.63, 3.8) is 0 Å². The minimum absolute atomic E-state index is 0.0503. The lowest BCUT2D eigenvalue weighted by atomic mass is 10.1. The summed E-state index contributed by atoms with van der Waals surface area (Å²) in [7, 11) is 0. The van der Waals surface area contributed by atoms with Crippen molar-refractivity contribution in [2.24, 2.45) is 5.10 Å². The molecular formula is C14H14ClF3N2O2S. The number of hydrogen-bond donors (Lipinski definition) is 1. The van der Waals surface area contributed by atoms with Gasteiger partial charge in [0.05, 0.1) is 5.75 Å². The third kappa shape index (κ3) is 3.81. The van der Waals surface area contributed by atoms with Crippen LogP contribution in [0.15, 0.2) is 29.4 Å². The summed E-state index contributed by atoms with van der Waals surface area (Å²) >= 11 is 7.08. The molecule has 0 aliphatic carbocycles. The monoisotopic (exact) mass is 366 g/mol. The minimum atomic E-state index is -4.97. The van der Waals surface area contributed by atoms with E-state index in [0.717, 1.165) is 17.3 Å². The Hall–Kier alpha value is -1.25. The zero-order valence-electron chi connectivity index (χ0n) is 12.1. The fourth-order valence-corrected chi connectivity index (χ4v) is 3.28. The first-order valence-corrected chi connectivity index (χ1v) is 8.16. The van der Waals surface area contributed by atoms with Crippen molar-refractivity contribution < 1.29 is 23.1 Å². The average Bonchev–Trinajstić information content (AvgIpc) is 2.77. The first kappa shape index (κ1) is 18.1. The van der Waals surface area contributed by atoms with Crippen molar-refractivity contribution in [3.8, 4) is 0 Å². The number of carbonyl (C=O) groups is 1. The highest BCUT2D eigenvalue weighted by Crippen LogP contribution is 2.40. The van der Waals surface area contributed by atoms with E-state index in [9.17, 15) is 23.1 Å². The van der Waals surface area contributed by atoms with Crippen LogP contribution in [-0.4, -0.2) is 39.4 Å². The summed E-state index contributed by atoms with van der Waals surface area (Å²) in [5, 5.41) is 14.0. The molecule has 0 saturated heterocycles. The largest absolute Gasteiger partial charge is 0.438 e. The Morgan fingerprint density at radius 1 is 1.48 bits per heavy atom. The molecule has 126 valence electrons. The van der Waals surface area contributed by atoms with E-state index >= 15 is 0 Å². The summed E-state index contributed by atoms with van der Waals surface area (Å²) in [6.45, 7) is 1.33. The van der Waals surface area contributed by atoms with Crippen LogP contribution in [-0.2, 0) is 10.5 Å². The zero-order valence-corrected chi connectivity index (χ0v) is 13.7. The molecule has 0 saturated carbocycles. The number of thioether (sulfide) groups is 1. The molecule has 0 bridgehead atoms. The number of hydrogen-bond acceptors (Lipinski definition) is 4. The van der Waals surface area contributed by atoms with E-state index in [4.69, 9.17) is 11.6 Å². The van der Waals surface area contributed by atoms with Crippen LogP contribution < -0.4 is 0 Å². The second-order valence-corrected chi connectivity index (χ2v) is 6.51. The predicted molar refractivity (Wildman–Crippen MR) is 83.2 cm³/mol. The molecule has 2 rings (SSSR count). The lowest BCUT2D eigenvalue weighted by molar-refractivity contribution is -0.301. The molecule has 0 radical (unpaired) electrons. The van der Waals surface area contributed by atoms with Crippen molar-refractivity contribution in [1.29, 1.82) is 0 Å². The SMILES string of the molecule is CC1=NN(C(=O)CSCc2ccccc2Cl)C(O)(C(F)(F)F)C1. The fraction of sp³-hybridized carbons (Fsp3) is 0.429. The van der Waals surface area contributed by atoms with E-state index in [0.29, 0.717) is 10.8 Å². The maximum atomic E-state index is 13.0. The zero-order chi connectivity index (χ0) is 17.3. The van der Waals surface area contributed by atoms with Crippen LogP contribution in [0.3, 0.4) is 0 Å². The van der Waals surface area contributed by atoms with Gasteiger partial charge in [-0.2, -0.15) is 23.3 Å². The molecule has 9 heteroatoms. The molecule has 1 aliphatic rings. The molecule has 1 atom stereocenters. The number of alkyl halides is 3. The van der Waals surface area contributed by atoms with Gasteiger partial charge in [0, 0.05) is 22.9 Å². The Kier molecular flexibility index (Phi) is 5.27. The van der Waals surface area contributed by atoms with Crippen molar-refractivity contribution >= 4 is 35.0 Å². The van der Waals surface area contributed by atoms with Gasteiger partial charge in [-0.25, -0.2) is 0 Å². The van der Waals surface area contributed by atoms with Crippen molar-refractivity contribution in [2.75, 3.05) is 5.75 Å². The second-order valence-electron chi connectivity index (χ2n) is 5.12. The molecule has 1 amide bonds. The van der Waals surface area contributed by atoms with Crippen molar-refractivity contribution in [2.45, 2.75) is 31.0 Å². The Morgan fingerprint density at radius 2 is 2.13 bits per heavy atom. The molecule has 1 aromatic rings. The molecule has 0 fully saturated rings. The van der Waals surface area contributed by atoms with Gasteiger partial charge in [-0.15, -0.1) is 11.8 Å². The molecule has 1 heterocycles. The highest BCUT2D eigenvalue weighted by Gasteiger charge is 2.62. The Labute approximate surface area is 140 Å². The molecule has 1 unspecified atom stereocenters. The lowest BCUT2D eigenvalue weighted by Gasteiger charge is -2.32.